The fourth-order valence-corrected chi connectivity index (χ4v) is 3.78. The van der Waals surface area contributed by atoms with Crippen molar-refractivity contribution in [2.75, 3.05) is 31.5 Å². The Labute approximate surface area is 212 Å². The third-order valence-electron chi connectivity index (χ3n) is 5.98. The number of benzene rings is 2. The minimum absolute atomic E-state index is 0. The molecule has 0 atom stereocenters. The lowest BCUT2D eigenvalue weighted by Crippen LogP contribution is -2.38. The Morgan fingerprint density at radius 1 is 0.857 bits per heavy atom. The number of hydrogen-bond acceptors (Lipinski definition) is 4. The summed E-state index contributed by atoms with van der Waals surface area (Å²) in [6.07, 6.45) is 11.2. The molecule has 0 radical (unpaired) electrons. The number of aliphatic imine (C=N–C) groups is 1. The second kappa shape index (κ2) is 18.4. The van der Waals surface area contributed by atoms with E-state index in [0.29, 0.717) is 5.69 Å². The maximum absolute atomic E-state index is 11.9. The second-order valence-electron chi connectivity index (χ2n) is 8.56. The van der Waals surface area contributed by atoms with Gasteiger partial charge in [0.15, 0.2) is 0 Å². The number of nitrogens with zero attached hydrogens (tertiary/aromatic N) is 2. The van der Waals surface area contributed by atoms with Crippen molar-refractivity contribution in [2.24, 2.45) is 4.99 Å². The molecule has 2 amide bonds. The van der Waals surface area contributed by atoms with E-state index >= 15 is 0 Å². The van der Waals surface area contributed by atoms with Crippen molar-refractivity contribution in [1.29, 1.82) is 0 Å². The van der Waals surface area contributed by atoms with Crippen LogP contribution in [0.1, 0.15) is 70.9 Å². The van der Waals surface area contributed by atoms with Crippen LogP contribution in [0.3, 0.4) is 0 Å². The fraction of sp³-hybridized carbons (Fsp3) is 0.517. The molecule has 0 unspecified atom stereocenters. The van der Waals surface area contributed by atoms with Gasteiger partial charge in [-0.15, -0.1) is 0 Å². The highest BCUT2D eigenvalue weighted by atomic mass is 16.2. The van der Waals surface area contributed by atoms with Crippen molar-refractivity contribution in [2.45, 2.75) is 72.6 Å². The van der Waals surface area contributed by atoms with Crippen LogP contribution >= 0.6 is 0 Å². The van der Waals surface area contributed by atoms with Crippen LogP contribution < -0.4 is 10.6 Å². The smallest absolute Gasteiger partial charge is 0.321 e. The monoisotopic (exact) mass is 480 g/mol. The van der Waals surface area contributed by atoms with E-state index in [0.717, 1.165) is 44.5 Å². The molecule has 0 saturated carbocycles. The molecular weight excluding hydrogens is 436 g/mol. The Balaban J connectivity index is 0.000000291. The van der Waals surface area contributed by atoms with E-state index in [1.807, 2.05) is 41.3 Å². The number of aryl methyl sites for hydroxylation is 2. The maximum atomic E-state index is 11.9. The number of piperidine rings is 2. The predicted molar refractivity (Wildman–Crippen MR) is 147 cm³/mol. The standard InChI is InChI=1S/C14H20N2O.C9H9NO.C5H11N.CH4/c1-2-12-6-8-13(9-7-12)15-14(17)16-10-4-3-5-11-16;1-2-8-3-5-9(6-4-8)10-7-11;1-2-4-6-5-3-1;/h6-9H,2-5,10-11H2,1H3,(H,15,17);3-6H,2H2,1H3;6H,1-5H2;1H4. The van der Waals surface area contributed by atoms with Crippen LogP contribution in [0, 0.1) is 0 Å². The van der Waals surface area contributed by atoms with Crippen LogP contribution in [0.4, 0.5) is 16.2 Å². The molecule has 2 aromatic rings. The Morgan fingerprint density at radius 3 is 1.80 bits per heavy atom. The number of hydrogen-bond donors (Lipinski definition) is 2. The first-order chi connectivity index (χ1) is 16.7. The number of anilines is 1. The number of isocyanates is 1. The number of likely N-dealkylation sites (tertiary alicyclic amines) is 1. The van der Waals surface area contributed by atoms with Gasteiger partial charge < -0.3 is 15.5 Å². The van der Waals surface area contributed by atoms with Gasteiger partial charge in [-0.2, -0.15) is 4.99 Å². The van der Waals surface area contributed by atoms with E-state index in [-0.39, 0.29) is 13.5 Å². The minimum atomic E-state index is 0. The molecule has 35 heavy (non-hydrogen) atoms. The van der Waals surface area contributed by atoms with Crippen molar-refractivity contribution in [3.05, 3.63) is 59.7 Å². The molecule has 0 aliphatic carbocycles. The number of nitrogens with one attached hydrogen (secondary N) is 2. The summed E-state index contributed by atoms with van der Waals surface area (Å²) in [6, 6.07) is 15.6. The normalized spacial score (nSPS) is 14.5. The van der Waals surface area contributed by atoms with E-state index < -0.39 is 0 Å². The van der Waals surface area contributed by atoms with Gasteiger partial charge in [0.1, 0.15) is 0 Å². The molecule has 2 aliphatic heterocycles. The van der Waals surface area contributed by atoms with Crippen molar-refractivity contribution in [3.63, 3.8) is 0 Å². The topological polar surface area (TPSA) is 73.8 Å². The highest BCUT2D eigenvalue weighted by Gasteiger charge is 2.16. The lowest BCUT2D eigenvalue weighted by atomic mass is 10.1. The molecular formula is C29H44N4O2. The molecule has 2 fully saturated rings. The lowest BCUT2D eigenvalue weighted by Gasteiger charge is -2.26. The number of rotatable bonds is 4. The zero-order valence-electron chi connectivity index (χ0n) is 20.8. The summed E-state index contributed by atoms with van der Waals surface area (Å²) in [7, 11) is 0. The molecule has 6 nitrogen and oxygen atoms in total. The second-order valence-corrected chi connectivity index (χ2v) is 8.56. The first-order valence-electron chi connectivity index (χ1n) is 12.7. The molecule has 2 heterocycles. The van der Waals surface area contributed by atoms with Crippen molar-refractivity contribution < 1.29 is 9.59 Å². The number of amides is 2. The Bertz CT molecular complexity index is 853. The largest absolute Gasteiger partial charge is 0.325 e. The maximum Gasteiger partial charge on any atom is 0.321 e. The van der Waals surface area contributed by atoms with Gasteiger partial charge in [0.2, 0.25) is 6.08 Å². The van der Waals surface area contributed by atoms with Gasteiger partial charge in [0.25, 0.3) is 0 Å². The van der Waals surface area contributed by atoms with E-state index in [1.54, 1.807) is 0 Å². The lowest BCUT2D eigenvalue weighted by molar-refractivity contribution is 0.200. The van der Waals surface area contributed by atoms with Gasteiger partial charge in [-0.1, -0.05) is 52.0 Å². The summed E-state index contributed by atoms with van der Waals surface area (Å²) in [4.78, 5) is 27.2. The van der Waals surface area contributed by atoms with E-state index in [2.05, 4.69) is 41.6 Å². The Hall–Kier alpha value is -2.95. The molecule has 6 heteroatoms. The molecule has 2 aromatic carbocycles. The summed E-state index contributed by atoms with van der Waals surface area (Å²) in [5.74, 6) is 0. The van der Waals surface area contributed by atoms with Crippen LogP contribution in [0.15, 0.2) is 53.5 Å². The molecule has 2 saturated heterocycles. The van der Waals surface area contributed by atoms with Crippen molar-refractivity contribution >= 4 is 23.5 Å². The quantitative estimate of drug-likeness (QED) is 0.370. The summed E-state index contributed by atoms with van der Waals surface area (Å²) in [6.45, 7) is 8.48. The third-order valence-corrected chi connectivity index (χ3v) is 5.98. The highest BCUT2D eigenvalue weighted by molar-refractivity contribution is 5.89. The van der Waals surface area contributed by atoms with Crippen molar-refractivity contribution in [1.82, 2.24) is 10.2 Å². The zero-order chi connectivity index (χ0) is 24.4. The minimum Gasteiger partial charge on any atom is -0.325 e. The fourth-order valence-electron chi connectivity index (χ4n) is 3.78. The Kier molecular flexibility index (Phi) is 15.8. The zero-order valence-corrected chi connectivity index (χ0v) is 20.8. The molecule has 0 aromatic heterocycles. The van der Waals surface area contributed by atoms with Crippen LogP contribution in [0.2, 0.25) is 0 Å². The molecule has 2 N–H and O–H groups in total. The van der Waals surface area contributed by atoms with Crippen LogP contribution in [0.25, 0.3) is 0 Å². The van der Waals surface area contributed by atoms with Crippen LogP contribution in [0.5, 0.6) is 0 Å². The SMILES string of the molecule is C.C1CCNCC1.CCc1ccc(N=C=O)cc1.CCc1ccc(NC(=O)N2CCCCC2)cc1. The average Bonchev–Trinajstić information content (AvgIpc) is 2.92. The third kappa shape index (κ3) is 12.4. The van der Waals surface area contributed by atoms with Gasteiger partial charge in [-0.25, -0.2) is 9.59 Å². The van der Waals surface area contributed by atoms with E-state index in [1.165, 1.54) is 56.0 Å². The summed E-state index contributed by atoms with van der Waals surface area (Å²) >= 11 is 0. The molecule has 192 valence electrons. The molecule has 0 spiro atoms. The van der Waals surface area contributed by atoms with Crippen LogP contribution in [-0.4, -0.2) is 43.2 Å². The summed E-state index contributed by atoms with van der Waals surface area (Å²) in [5.41, 5.74) is 4.09. The first kappa shape index (κ1) is 30.1. The number of carbonyl (C=O) groups excluding carboxylic acids is 2. The van der Waals surface area contributed by atoms with Crippen LogP contribution in [-0.2, 0) is 17.6 Å². The van der Waals surface area contributed by atoms with Gasteiger partial charge >= 0.3 is 6.03 Å². The molecule has 2 aliphatic rings. The number of carbonyl (C=O) groups is 1. The molecule has 4 rings (SSSR count). The van der Waals surface area contributed by atoms with Gasteiger partial charge in [0, 0.05) is 18.8 Å². The summed E-state index contributed by atoms with van der Waals surface area (Å²) in [5, 5.41) is 6.23. The van der Waals surface area contributed by atoms with E-state index in [9.17, 15) is 9.59 Å². The molecule has 0 bridgehead atoms. The summed E-state index contributed by atoms with van der Waals surface area (Å²) < 4.78 is 0. The Morgan fingerprint density at radius 2 is 1.37 bits per heavy atom. The van der Waals surface area contributed by atoms with Gasteiger partial charge in [0.05, 0.1) is 5.69 Å². The van der Waals surface area contributed by atoms with Gasteiger partial charge in [-0.3, -0.25) is 0 Å². The number of urea groups is 1. The van der Waals surface area contributed by atoms with Gasteiger partial charge in [-0.05, 0) is 93.4 Å². The van der Waals surface area contributed by atoms with E-state index in [4.69, 9.17) is 0 Å². The first-order valence-corrected chi connectivity index (χ1v) is 12.7. The predicted octanol–water partition coefficient (Wildman–Crippen LogP) is 6.88. The van der Waals surface area contributed by atoms with Crippen molar-refractivity contribution in [3.8, 4) is 0 Å². The highest BCUT2D eigenvalue weighted by Crippen LogP contribution is 2.14. The average molecular weight is 481 g/mol.